The zero-order chi connectivity index (χ0) is 15.5. The summed E-state index contributed by atoms with van der Waals surface area (Å²) >= 11 is 0. The lowest BCUT2D eigenvalue weighted by Crippen LogP contribution is -2.47. The van der Waals surface area contributed by atoms with Crippen molar-refractivity contribution >= 4 is 17.5 Å². The highest BCUT2D eigenvalue weighted by atomic mass is 16.2. The Morgan fingerprint density at radius 3 is 2.81 bits per heavy atom. The van der Waals surface area contributed by atoms with Crippen molar-refractivity contribution in [1.29, 1.82) is 0 Å². The third-order valence-corrected chi connectivity index (χ3v) is 3.51. The maximum Gasteiger partial charge on any atom is 0.253 e. The van der Waals surface area contributed by atoms with Crippen LogP contribution in [0.3, 0.4) is 0 Å². The van der Waals surface area contributed by atoms with E-state index in [1.165, 1.54) is 6.92 Å². The van der Waals surface area contributed by atoms with E-state index < -0.39 is 0 Å². The molecule has 0 atom stereocenters. The van der Waals surface area contributed by atoms with E-state index in [0.29, 0.717) is 17.8 Å². The molecule has 114 valence electrons. The Balaban J connectivity index is 2.16. The van der Waals surface area contributed by atoms with E-state index in [1.807, 2.05) is 4.90 Å². The molecule has 1 fully saturated rings. The van der Waals surface area contributed by atoms with Crippen molar-refractivity contribution in [3.8, 4) is 0 Å². The van der Waals surface area contributed by atoms with Crippen molar-refractivity contribution in [1.82, 2.24) is 10.2 Å². The number of rotatable bonds is 2. The molecule has 2 amide bonds. The van der Waals surface area contributed by atoms with Gasteiger partial charge in [-0.3, -0.25) is 9.59 Å². The maximum atomic E-state index is 12.7. The Labute approximate surface area is 125 Å². The Bertz CT molecular complexity index is 540. The third kappa shape index (κ3) is 4.29. The van der Waals surface area contributed by atoms with Crippen molar-refractivity contribution in [3.63, 3.8) is 0 Å². The lowest BCUT2D eigenvalue weighted by atomic mass is 10.0. The molecule has 1 aliphatic heterocycles. The Morgan fingerprint density at radius 2 is 2.10 bits per heavy atom. The minimum Gasteiger partial charge on any atom is -0.337 e. The molecule has 1 aromatic rings. The van der Waals surface area contributed by atoms with Crippen molar-refractivity contribution in [2.45, 2.75) is 32.7 Å². The van der Waals surface area contributed by atoms with Crippen LogP contribution in [0, 0.1) is 0 Å². The Morgan fingerprint density at radius 1 is 1.33 bits per heavy atom. The number of hydrogen-bond acceptors (Lipinski definition) is 3. The molecule has 5 heteroatoms. The summed E-state index contributed by atoms with van der Waals surface area (Å²) in [6, 6.07) is 7.10. The van der Waals surface area contributed by atoms with E-state index in [0.717, 1.165) is 19.5 Å². The molecule has 2 N–H and O–H groups in total. The van der Waals surface area contributed by atoms with Gasteiger partial charge in [0.1, 0.15) is 0 Å². The summed E-state index contributed by atoms with van der Waals surface area (Å²) in [5.74, 6) is -0.126. The fourth-order valence-electron chi connectivity index (χ4n) is 2.60. The number of anilines is 1. The number of amides is 2. The maximum absolute atomic E-state index is 12.7. The smallest absolute Gasteiger partial charge is 0.253 e. The summed E-state index contributed by atoms with van der Waals surface area (Å²) in [5.41, 5.74) is 1.18. The van der Waals surface area contributed by atoms with Crippen LogP contribution in [-0.2, 0) is 4.79 Å². The zero-order valence-electron chi connectivity index (χ0n) is 12.9. The van der Waals surface area contributed by atoms with E-state index in [2.05, 4.69) is 24.5 Å². The number of carbonyl (C=O) groups excluding carboxylic acids is 2. The average molecular weight is 289 g/mol. The third-order valence-electron chi connectivity index (χ3n) is 3.51. The minimum absolute atomic E-state index is 0.0129. The molecule has 0 aliphatic carbocycles. The summed E-state index contributed by atoms with van der Waals surface area (Å²) in [7, 11) is 0. The predicted molar refractivity (Wildman–Crippen MR) is 83.3 cm³/mol. The van der Waals surface area contributed by atoms with Crippen molar-refractivity contribution in [3.05, 3.63) is 29.8 Å². The fourth-order valence-corrected chi connectivity index (χ4v) is 2.60. The minimum atomic E-state index is -0.139. The molecule has 0 saturated carbocycles. The van der Waals surface area contributed by atoms with Crippen LogP contribution in [0.4, 0.5) is 5.69 Å². The number of nitrogens with one attached hydrogen (secondary N) is 2. The van der Waals surface area contributed by atoms with Gasteiger partial charge in [0.2, 0.25) is 5.91 Å². The normalized spacial score (nSPS) is 18.0. The number of nitrogens with zero attached hydrogens (tertiary/aromatic N) is 1. The largest absolute Gasteiger partial charge is 0.337 e. The van der Waals surface area contributed by atoms with Crippen LogP contribution in [0.1, 0.15) is 37.6 Å². The molecule has 0 aromatic heterocycles. The molecular weight excluding hydrogens is 266 g/mol. The average Bonchev–Trinajstić information content (AvgIpc) is 2.58. The first-order chi connectivity index (χ1) is 9.87. The molecular formula is C16H23N3O2. The first kappa shape index (κ1) is 15.5. The van der Waals surface area contributed by atoms with E-state index in [4.69, 9.17) is 0 Å². The second-order valence-corrected chi connectivity index (χ2v) is 6.15. The quantitative estimate of drug-likeness (QED) is 0.873. The van der Waals surface area contributed by atoms with Crippen molar-refractivity contribution < 1.29 is 9.59 Å². The van der Waals surface area contributed by atoms with Gasteiger partial charge in [0.05, 0.1) is 0 Å². The molecule has 1 heterocycles. The fraction of sp³-hybridized carbons (Fsp3) is 0.500. The predicted octanol–water partition coefficient (Wildman–Crippen LogP) is 1.86. The van der Waals surface area contributed by atoms with E-state index in [9.17, 15) is 9.59 Å². The van der Waals surface area contributed by atoms with Gasteiger partial charge in [0, 0.05) is 36.8 Å². The van der Waals surface area contributed by atoms with Crippen LogP contribution in [0.15, 0.2) is 24.3 Å². The molecule has 1 aliphatic rings. The van der Waals surface area contributed by atoms with Crippen LogP contribution in [0.5, 0.6) is 0 Å². The molecule has 0 unspecified atom stereocenters. The van der Waals surface area contributed by atoms with Crippen LogP contribution in [0.2, 0.25) is 0 Å². The Hall–Kier alpha value is -1.88. The van der Waals surface area contributed by atoms with Gasteiger partial charge in [-0.1, -0.05) is 6.07 Å². The van der Waals surface area contributed by atoms with E-state index >= 15 is 0 Å². The van der Waals surface area contributed by atoms with Gasteiger partial charge in [0.25, 0.3) is 5.91 Å². The second-order valence-electron chi connectivity index (χ2n) is 6.15. The van der Waals surface area contributed by atoms with Crippen molar-refractivity contribution in [2.75, 3.05) is 25.0 Å². The van der Waals surface area contributed by atoms with Gasteiger partial charge >= 0.3 is 0 Å². The van der Waals surface area contributed by atoms with Gasteiger partial charge in [0.15, 0.2) is 0 Å². The highest BCUT2D eigenvalue weighted by molar-refractivity contribution is 5.96. The first-order valence-electron chi connectivity index (χ1n) is 7.29. The van der Waals surface area contributed by atoms with Gasteiger partial charge in [-0.2, -0.15) is 0 Å². The van der Waals surface area contributed by atoms with E-state index in [1.54, 1.807) is 24.3 Å². The van der Waals surface area contributed by atoms with Gasteiger partial charge in [-0.25, -0.2) is 0 Å². The number of benzene rings is 1. The first-order valence-corrected chi connectivity index (χ1v) is 7.29. The van der Waals surface area contributed by atoms with Crippen LogP contribution < -0.4 is 10.6 Å². The second kappa shape index (κ2) is 6.26. The standard InChI is InChI=1S/C16H23N3O2/c1-12(20)18-14-7-4-6-13(10-14)15(21)19-9-5-8-17-16(2,3)11-19/h4,6-7,10,17H,5,8-9,11H2,1-3H3,(H,18,20). The lowest BCUT2D eigenvalue weighted by molar-refractivity contribution is -0.114. The lowest BCUT2D eigenvalue weighted by Gasteiger charge is -2.30. The number of hydrogen-bond donors (Lipinski definition) is 2. The summed E-state index contributed by atoms with van der Waals surface area (Å²) in [5, 5.41) is 6.15. The molecule has 0 spiro atoms. The highest BCUT2D eigenvalue weighted by Gasteiger charge is 2.27. The summed E-state index contributed by atoms with van der Waals surface area (Å²) in [6.07, 6.45) is 0.945. The van der Waals surface area contributed by atoms with Gasteiger partial charge in [-0.15, -0.1) is 0 Å². The monoisotopic (exact) mass is 289 g/mol. The topological polar surface area (TPSA) is 61.4 Å². The molecule has 0 radical (unpaired) electrons. The van der Waals surface area contributed by atoms with Crippen molar-refractivity contribution in [2.24, 2.45) is 0 Å². The molecule has 21 heavy (non-hydrogen) atoms. The molecule has 1 saturated heterocycles. The summed E-state index contributed by atoms with van der Waals surface area (Å²) in [4.78, 5) is 25.7. The van der Waals surface area contributed by atoms with Gasteiger partial charge < -0.3 is 15.5 Å². The highest BCUT2D eigenvalue weighted by Crippen LogP contribution is 2.16. The van der Waals surface area contributed by atoms with Crippen LogP contribution in [0.25, 0.3) is 0 Å². The molecule has 1 aromatic carbocycles. The van der Waals surface area contributed by atoms with E-state index in [-0.39, 0.29) is 17.4 Å². The number of carbonyl (C=O) groups is 2. The zero-order valence-corrected chi connectivity index (χ0v) is 12.9. The summed E-state index contributed by atoms with van der Waals surface area (Å²) < 4.78 is 0. The molecule has 2 rings (SSSR count). The Kier molecular flexibility index (Phi) is 4.63. The van der Waals surface area contributed by atoms with Gasteiger partial charge in [-0.05, 0) is 45.0 Å². The van der Waals surface area contributed by atoms with Crippen LogP contribution in [-0.4, -0.2) is 41.9 Å². The summed E-state index contributed by atoms with van der Waals surface area (Å²) in [6.45, 7) is 8.01. The molecule has 5 nitrogen and oxygen atoms in total. The molecule has 0 bridgehead atoms. The van der Waals surface area contributed by atoms with Crippen LogP contribution >= 0.6 is 0 Å². The SMILES string of the molecule is CC(=O)Nc1cccc(C(=O)N2CCCNC(C)(C)C2)c1.